The van der Waals surface area contributed by atoms with Crippen molar-refractivity contribution in [2.75, 3.05) is 37.5 Å². The number of aromatic nitrogens is 4. The van der Waals surface area contributed by atoms with Gasteiger partial charge in [0.2, 0.25) is 11.9 Å². The van der Waals surface area contributed by atoms with Crippen LogP contribution in [-0.4, -0.2) is 59.0 Å². The van der Waals surface area contributed by atoms with E-state index in [2.05, 4.69) is 30.6 Å². The highest BCUT2D eigenvalue weighted by atomic mass is 19.1. The van der Waals surface area contributed by atoms with Crippen LogP contribution in [-0.2, 0) is 4.79 Å². The lowest BCUT2D eigenvalue weighted by atomic mass is 10.1. The molecular formula is C22H23FN8O3. The van der Waals surface area contributed by atoms with Gasteiger partial charge in [-0.25, -0.2) is 19.3 Å². The Morgan fingerprint density at radius 2 is 1.97 bits per heavy atom. The first-order valence-corrected chi connectivity index (χ1v) is 10.5. The van der Waals surface area contributed by atoms with Crippen LogP contribution in [0.5, 0.6) is 5.75 Å². The van der Waals surface area contributed by atoms with Crippen molar-refractivity contribution in [3.05, 3.63) is 48.2 Å². The van der Waals surface area contributed by atoms with Crippen LogP contribution in [0.1, 0.15) is 16.8 Å². The number of ether oxygens (including phenoxy) is 1. The third-order valence-electron chi connectivity index (χ3n) is 5.46. The molecule has 4 rings (SSSR count). The molecule has 2 aromatic heterocycles. The van der Waals surface area contributed by atoms with Crippen LogP contribution < -0.4 is 26.0 Å². The van der Waals surface area contributed by atoms with E-state index in [0.29, 0.717) is 42.5 Å². The van der Waals surface area contributed by atoms with Crippen molar-refractivity contribution in [2.24, 2.45) is 11.7 Å². The van der Waals surface area contributed by atoms with Crippen LogP contribution in [0, 0.1) is 11.7 Å². The minimum absolute atomic E-state index is 0.0424. The van der Waals surface area contributed by atoms with Gasteiger partial charge in [-0.15, -0.1) is 0 Å². The molecule has 0 bridgehead atoms. The Morgan fingerprint density at radius 3 is 2.65 bits per heavy atom. The van der Waals surface area contributed by atoms with Gasteiger partial charge in [0.05, 0.1) is 36.7 Å². The lowest BCUT2D eigenvalue weighted by molar-refractivity contribution is -0.123. The molecule has 3 aromatic rings. The van der Waals surface area contributed by atoms with Crippen LogP contribution >= 0.6 is 0 Å². The quantitative estimate of drug-likeness (QED) is 0.471. The summed E-state index contributed by atoms with van der Waals surface area (Å²) in [4.78, 5) is 42.7. The zero-order valence-electron chi connectivity index (χ0n) is 18.6. The highest BCUT2D eigenvalue weighted by Crippen LogP contribution is 2.37. The van der Waals surface area contributed by atoms with E-state index >= 15 is 0 Å². The number of primary amides is 1. The highest BCUT2D eigenvalue weighted by Gasteiger charge is 2.30. The summed E-state index contributed by atoms with van der Waals surface area (Å²) in [5.41, 5.74) is 6.60. The van der Waals surface area contributed by atoms with Gasteiger partial charge in [-0.2, -0.15) is 4.98 Å². The first-order valence-electron chi connectivity index (χ1n) is 10.5. The number of hydrogen-bond acceptors (Lipinski definition) is 9. The summed E-state index contributed by atoms with van der Waals surface area (Å²) in [6.07, 6.45) is 4.13. The van der Waals surface area contributed by atoms with Gasteiger partial charge in [0.25, 0.3) is 5.91 Å². The van der Waals surface area contributed by atoms with Gasteiger partial charge in [0, 0.05) is 26.3 Å². The fraction of sp³-hybridized carbons (Fsp3) is 0.273. The number of carbonyl (C=O) groups is 2. The van der Waals surface area contributed by atoms with E-state index in [4.69, 9.17) is 10.5 Å². The van der Waals surface area contributed by atoms with Gasteiger partial charge in [-0.1, -0.05) is 6.07 Å². The Morgan fingerprint density at radius 1 is 1.21 bits per heavy atom. The Balaban J connectivity index is 1.69. The molecule has 1 aromatic carbocycles. The molecule has 34 heavy (non-hydrogen) atoms. The Bertz CT molecular complexity index is 1220. The zero-order chi connectivity index (χ0) is 24.2. The summed E-state index contributed by atoms with van der Waals surface area (Å²) in [6.45, 7) is 1.05. The average Bonchev–Trinajstić information content (AvgIpc) is 3.34. The van der Waals surface area contributed by atoms with Crippen LogP contribution in [0.4, 0.5) is 21.8 Å². The molecule has 12 heteroatoms. The first-order chi connectivity index (χ1) is 16.4. The van der Waals surface area contributed by atoms with Gasteiger partial charge < -0.3 is 26.0 Å². The van der Waals surface area contributed by atoms with Crippen molar-refractivity contribution in [1.29, 1.82) is 0 Å². The summed E-state index contributed by atoms with van der Waals surface area (Å²) in [7, 11) is 3.07. The van der Waals surface area contributed by atoms with E-state index in [9.17, 15) is 14.0 Å². The number of nitrogens with one attached hydrogen (secondary N) is 2. The number of carbonyl (C=O) groups excluding carboxylic acids is 2. The van der Waals surface area contributed by atoms with Gasteiger partial charge in [-0.3, -0.25) is 9.59 Å². The van der Waals surface area contributed by atoms with E-state index in [-0.39, 0.29) is 29.0 Å². The van der Waals surface area contributed by atoms with Crippen molar-refractivity contribution in [1.82, 2.24) is 25.3 Å². The predicted molar refractivity (Wildman–Crippen MR) is 122 cm³/mol. The average molecular weight is 466 g/mol. The summed E-state index contributed by atoms with van der Waals surface area (Å²) >= 11 is 0. The van der Waals surface area contributed by atoms with E-state index in [1.165, 1.54) is 13.3 Å². The van der Waals surface area contributed by atoms with Crippen LogP contribution in [0.3, 0.4) is 0 Å². The number of amides is 2. The lowest BCUT2D eigenvalue weighted by Crippen LogP contribution is -2.30. The van der Waals surface area contributed by atoms with Crippen molar-refractivity contribution in [3.8, 4) is 17.1 Å². The number of rotatable bonds is 7. The maximum Gasteiger partial charge on any atom is 0.254 e. The first kappa shape index (κ1) is 22.8. The van der Waals surface area contributed by atoms with E-state index in [1.807, 2.05) is 4.90 Å². The van der Waals surface area contributed by atoms with Gasteiger partial charge >= 0.3 is 0 Å². The number of para-hydroxylation sites is 1. The monoisotopic (exact) mass is 466 g/mol. The normalized spacial score (nSPS) is 15.1. The Hall–Kier alpha value is -4.35. The zero-order valence-corrected chi connectivity index (χ0v) is 18.6. The summed E-state index contributed by atoms with van der Waals surface area (Å²) in [5.74, 6) is -0.323. The molecule has 4 N–H and O–H groups in total. The molecule has 0 radical (unpaired) electrons. The lowest BCUT2D eigenvalue weighted by Gasteiger charge is -2.19. The molecule has 1 saturated heterocycles. The molecule has 1 fully saturated rings. The summed E-state index contributed by atoms with van der Waals surface area (Å²) in [5, 5.41) is 5.75. The second kappa shape index (κ2) is 9.65. The van der Waals surface area contributed by atoms with Crippen molar-refractivity contribution >= 4 is 29.3 Å². The van der Waals surface area contributed by atoms with E-state index in [1.54, 1.807) is 25.2 Å². The number of nitrogens with zero attached hydrogens (tertiary/aromatic N) is 5. The van der Waals surface area contributed by atoms with Crippen LogP contribution in [0.2, 0.25) is 0 Å². The molecule has 3 heterocycles. The topological polar surface area (TPSA) is 148 Å². The molecule has 2 amide bonds. The minimum atomic E-state index is -0.712. The SMILES string of the molecule is CNC(=O)[C@@H]1CCN(c2ncc(C(N)=O)c(Nc3cccc(-c4ncc(F)cn4)c3OC)n2)C1. The van der Waals surface area contributed by atoms with Gasteiger partial charge in [0.15, 0.2) is 17.4 Å². The molecule has 0 spiro atoms. The third kappa shape index (κ3) is 4.56. The maximum atomic E-state index is 13.3. The minimum Gasteiger partial charge on any atom is -0.494 e. The molecule has 176 valence electrons. The number of benzene rings is 1. The molecule has 0 saturated carbocycles. The number of hydrogen-bond donors (Lipinski definition) is 3. The molecular weight excluding hydrogens is 443 g/mol. The summed E-state index contributed by atoms with van der Waals surface area (Å²) < 4.78 is 18.8. The Kier molecular flexibility index (Phi) is 6.48. The van der Waals surface area contributed by atoms with Crippen molar-refractivity contribution in [3.63, 3.8) is 0 Å². The predicted octanol–water partition coefficient (Wildman–Crippen LogP) is 1.50. The standard InChI is InChI=1S/C22H23FN8O3/c1-25-21(33)12-6-7-31(11-12)22-28-10-15(18(24)32)20(30-22)29-16-5-3-4-14(17(16)34-2)19-26-8-13(23)9-27-19/h3-5,8-10,12H,6-7,11H2,1-2H3,(H2,24,32)(H,25,33)(H,28,29,30)/t12-/m1/s1. The molecule has 11 nitrogen and oxygen atoms in total. The van der Waals surface area contributed by atoms with E-state index < -0.39 is 11.7 Å². The fourth-order valence-corrected chi connectivity index (χ4v) is 3.77. The number of methoxy groups -OCH3 is 1. The fourth-order valence-electron chi connectivity index (χ4n) is 3.77. The number of halogens is 1. The van der Waals surface area contributed by atoms with E-state index in [0.717, 1.165) is 12.4 Å². The van der Waals surface area contributed by atoms with Crippen LogP contribution in [0.15, 0.2) is 36.8 Å². The third-order valence-corrected chi connectivity index (χ3v) is 5.46. The highest BCUT2D eigenvalue weighted by molar-refractivity contribution is 5.98. The second-order valence-corrected chi connectivity index (χ2v) is 7.58. The summed E-state index contributed by atoms with van der Waals surface area (Å²) in [6, 6.07) is 5.17. The molecule has 1 aliphatic heterocycles. The van der Waals surface area contributed by atoms with Gasteiger partial charge in [0.1, 0.15) is 11.4 Å². The van der Waals surface area contributed by atoms with Crippen LogP contribution in [0.25, 0.3) is 11.4 Å². The largest absolute Gasteiger partial charge is 0.494 e. The second-order valence-electron chi connectivity index (χ2n) is 7.58. The molecule has 1 atom stereocenters. The maximum absolute atomic E-state index is 13.3. The number of nitrogens with two attached hydrogens (primary N) is 1. The molecule has 0 aliphatic carbocycles. The number of anilines is 3. The van der Waals surface area contributed by atoms with Crippen molar-refractivity contribution in [2.45, 2.75) is 6.42 Å². The van der Waals surface area contributed by atoms with Crippen molar-refractivity contribution < 1.29 is 18.7 Å². The molecule has 1 aliphatic rings. The smallest absolute Gasteiger partial charge is 0.254 e. The Labute approximate surface area is 194 Å². The van der Waals surface area contributed by atoms with Gasteiger partial charge in [-0.05, 0) is 18.6 Å². The molecule has 0 unspecified atom stereocenters.